The van der Waals surface area contributed by atoms with Crippen molar-refractivity contribution in [2.45, 2.75) is 39.2 Å². The van der Waals surface area contributed by atoms with Crippen molar-refractivity contribution in [3.8, 4) is 0 Å². The van der Waals surface area contributed by atoms with E-state index in [0.717, 1.165) is 19.2 Å². The monoisotopic (exact) mass is 256 g/mol. The number of aromatic nitrogens is 2. The average Bonchev–Trinajstić information content (AvgIpc) is 2.36. The van der Waals surface area contributed by atoms with Crippen LogP contribution in [0.5, 0.6) is 0 Å². The summed E-state index contributed by atoms with van der Waals surface area (Å²) in [6.07, 6.45) is 2.63. The molecule has 0 aromatic carbocycles. The minimum atomic E-state index is -0.881. The second-order valence-corrected chi connectivity index (χ2v) is 4.52. The Hall–Kier alpha value is -1.43. The van der Waals surface area contributed by atoms with Crippen molar-refractivity contribution in [1.29, 1.82) is 0 Å². The number of anilines is 2. The molecular formula is C12H21FN4O. The van der Waals surface area contributed by atoms with Crippen LogP contribution in [-0.2, 0) is 0 Å². The third-order valence-electron chi connectivity index (χ3n) is 2.68. The third kappa shape index (κ3) is 4.44. The topological polar surface area (TPSA) is 70.1 Å². The molecule has 18 heavy (non-hydrogen) atoms. The molecule has 1 rings (SSSR count). The molecule has 1 aromatic rings. The van der Waals surface area contributed by atoms with Gasteiger partial charge in [0.2, 0.25) is 5.95 Å². The fourth-order valence-corrected chi connectivity index (χ4v) is 1.21. The van der Waals surface area contributed by atoms with Crippen LogP contribution in [0, 0.1) is 5.82 Å². The van der Waals surface area contributed by atoms with E-state index in [-0.39, 0.29) is 12.4 Å². The molecule has 1 heterocycles. The molecule has 0 fully saturated rings. The van der Waals surface area contributed by atoms with E-state index in [1.54, 1.807) is 6.92 Å². The van der Waals surface area contributed by atoms with Gasteiger partial charge in [0, 0.05) is 13.1 Å². The molecule has 0 aliphatic carbocycles. The minimum Gasteiger partial charge on any atom is -0.388 e. The van der Waals surface area contributed by atoms with Gasteiger partial charge in [0.05, 0.1) is 11.8 Å². The summed E-state index contributed by atoms with van der Waals surface area (Å²) in [7, 11) is 0. The highest BCUT2D eigenvalue weighted by molar-refractivity contribution is 5.41. The number of rotatable bonds is 7. The largest absolute Gasteiger partial charge is 0.388 e. The molecule has 1 atom stereocenters. The molecule has 0 spiro atoms. The van der Waals surface area contributed by atoms with Gasteiger partial charge in [-0.1, -0.05) is 13.8 Å². The third-order valence-corrected chi connectivity index (χ3v) is 2.68. The van der Waals surface area contributed by atoms with E-state index in [1.807, 2.05) is 13.8 Å². The van der Waals surface area contributed by atoms with Crippen LogP contribution in [0.25, 0.3) is 0 Å². The molecule has 5 nitrogen and oxygen atoms in total. The molecule has 0 saturated carbocycles. The second kappa shape index (κ2) is 6.49. The van der Waals surface area contributed by atoms with E-state index in [2.05, 4.69) is 20.6 Å². The van der Waals surface area contributed by atoms with Gasteiger partial charge in [0.1, 0.15) is 0 Å². The van der Waals surface area contributed by atoms with Gasteiger partial charge in [0.25, 0.3) is 0 Å². The van der Waals surface area contributed by atoms with Crippen LogP contribution in [0.2, 0.25) is 0 Å². The van der Waals surface area contributed by atoms with Gasteiger partial charge in [-0.2, -0.15) is 4.98 Å². The molecular weight excluding hydrogens is 235 g/mol. The molecule has 0 amide bonds. The van der Waals surface area contributed by atoms with Crippen LogP contribution in [0.15, 0.2) is 6.20 Å². The Balaban J connectivity index is 2.69. The Morgan fingerprint density at radius 1 is 1.39 bits per heavy atom. The Morgan fingerprint density at radius 2 is 2.11 bits per heavy atom. The summed E-state index contributed by atoms with van der Waals surface area (Å²) in [5.41, 5.74) is -0.881. The van der Waals surface area contributed by atoms with Crippen molar-refractivity contribution in [1.82, 2.24) is 9.97 Å². The van der Waals surface area contributed by atoms with E-state index in [0.29, 0.717) is 12.4 Å². The van der Waals surface area contributed by atoms with Crippen LogP contribution in [0.3, 0.4) is 0 Å². The molecule has 3 N–H and O–H groups in total. The van der Waals surface area contributed by atoms with Gasteiger partial charge in [-0.3, -0.25) is 0 Å². The molecule has 0 saturated heterocycles. The van der Waals surface area contributed by atoms with Crippen molar-refractivity contribution < 1.29 is 9.50 Å². The van der Waals surface area contributed by atoms with Crippen molar-refractivity contribution in [3.63, 3.8) is 0 Å². The number of aliphatic hydroxyl groups is 1. The molecule has 0 aliphatic heterocycles. The van der Waals surface area contributed by atoms with Gasteiger partial charge in [0.15, 0.2) is 11.6 Å². The SMILES string of the molecule is CCCNc1ncc(F)c(NCC(C)(O)CC)n1. The minimum absolute atomic E-state index is 0.109. The van der Waals surface area contributed by atoms with Crippen molar-refractivity contribution in [2.75, 3.05) is 23.7 Å². The first kappa shape index (κ1) is 14.6. The lowest BCUT2D eigenvalue weighted by Gasteiger charge is -2.22. The molecule has 0 bridgehead atoms. The van der Waals surface area contributed by atoms with Crippen molar-refractivity contribution in [2.24, 2.45) is 0 Å². The maximum atomic E-state index is 13.5. The van der Waals surface area contributed by atoms with Gasteiger partial charge < -0.3 is 15.7 Å². The van der Waals surface area contributed by atoms with Crippen LogP contribution in [0.4, 0.5) is 16.2 Å². The Labute approximate surface area is 107 Å². The van der Waals surface area contributed by atoms with Crippen LogP contribution < -0.4 is 10.6 Å². The van der Waals surface area contributed by atoms with Gasteiger partial charge >= 0.3 is 0 Å². The van der Waals surface area contributed by atoms with E-state index >= 15 is 0 Å². The maximum absolute atomic E-state index is 13.5. The highest BCUT2D eigenvalue weighted by Crippen LogP contribution is 2.15. The summed E-state index contributed by atoms with van der Waals surface area (Å²) < 4.78 is 13.5. The van der Waals surface area contributed by atoms with E-state index in [1.165, 1.54) is 0 Å². The lowest BCUT2D eigenvalue weighted by atomic mass is 10.0. The van der Waals surface area contributed by atoms with Crippen LogP contribution in [0.1, 0.15) is 33.6 Å². The van der Waals surface area contributed by atoms with Gasteiger partial charge in [-0.25, -0.2) is 9.37 Å². The smallest absolute Gasteiger partial charge is 0.224 e. The highest BCUT2D eigenvalue weighted by Gasteiger charge is 2.18. The predicted molar refractivity (Wildman–Crippen MR) is 70.2 cm³/mol. The Bertz CT molecular complexity index is 384. The van der Waals surface area contributed by atoms with E-state index in [9.17, 15) is 9.50 Å². The molecule has 0 radical (unpaired) electrons. The lowest BCUT2D eigenvalue weighted by molar-refractivity contribution is 0.0696. The lowest BCUT2D eigenvalue weighted by Crippen LogP contribution is -2.33. The first-order valence-electron chi connectivity index (χ1n) is 6.21. The van der Waals surface area contributed by atoms with E-state index < -0.39 is 11.4 Å². The Kier molecular flexibility index (Phi) is 5.27. The normalized spacial score (nSPS) is 14.1. The fourth-order valence-electron chi connectivity index (χ4n) is 1.21. The molecule has 0 aliphatic rings. The quantitative estimate of drug-likeness (QED) is 0.696. The molecule has 1 unspecified atom stereocenters. The fraction of sp³-hybridized carbons (Fsp3) is 0.667. The summed E-state index contributed by atoms with van der Waals surface area (Å²) >= 11 is 0. The number of halogens is 1. The average molecular weight is 256 g/mol. The summed E-state index contributed by atoms with van der Waals surface area (Å²) in [6, 6.07) is 0. The number of hydrogen-bond donors (Lipinski definition) is 3. The van der Waals surface area contributed by atoms with Gasteiger partial charge in [-0.05, 0) is 19.8 Å². The summed E-state index contributed by atoms with van der Waals surface area (Å²) in [4.78, 5) is 7.87. The standard InChI is InChI=1S/C12H21FN4O/c1-4-6-14-11-15-7-9(13)10(17-11)16-8-12(3,18)5-2/h7,18H,4-6,8H2,1-3H3,(H2,14,15,16,17). The molecule has 6 heteroatoms. The first-order valence-corrected chi connectivity index (χ1v) is 6.21. The zero-order chi connectivity index (χ0) is 13.6. The van der Waals surface area contributed by atoms with E-state index in [4.69, 9.17) is 0 Å². The van der Waals surface area contributed by atoms with Crippen LogP contribution in [-0.4, -0.2) is 33.8 Å². The van der Waals surface area contributed by atoms with Gasteiger partial charge in [-0.15, -0.1) is 0 Å². The predicted octanol–water partition coefficient (Wildman–Crippen LogP) is 2.01. The number of nitrogens with zero attached hydrogens (tertiary/aromatic N) is 2. The number of hydrogen-bond acceptors (Lipinski definition) is 5. The highest BCUT2D eigenvalue weighted by atomic mass is 19.1. The summed E-state index contributed by atoms with van der Waals surface area (Å²) in [5.74, 6) is -0.0295. The summed E-state index contributed by atoms with van der Waals surface area (Å²) in [5, 5.41) is 15.6. The van der Waals surface area contributed by atoms with Crippen molar-refractivity contribution in [3.05, 3.63) is 12.0 Å². The zero-order valence-electron chi connectivity index (χ0n) is 11.1. The van der Waals surface area contributed by atoms with Crippen LogP contribution >= 0.6 is 0 Å². The first-order chi connectivity index (χ1) is 8.48. The maximum Gasteiger partial charge on any atom is 0.224 e. The van der Waals surface area contributed by atoms with Crippen molar-refractivity contribution >= 4 is 11.8 Å². The zero-order valence-corrected chi connectivity index (χ0v) is 11.1. The molecule has 102 valence electrons. The second-order valence-electron chi connectivity index (χ2n) is 4.52. The number of nitrogens with one attached hydrogen (secondary N) is 2. The Morgan fingerprint density at radius 3 is 2.72 bits per heavy atom. The summed E-state index contributed by atoms with van der Waals surface area (Å²) in [6.45, 7) is 6.55. The molecule has 1 aromatic heterocycles.